The molecule has 0 radical (unpaired) electrons. The van der Waals surface area contributed by atoms with Gasteiger partial charge in [0.15, 0.2) is 6.61 Å². The summed E-state index contributed by atoms with van der Waals surface area (Å²) in [7, 11) is 1.58. The molecule has 0 heterocycles. The second kappa shape index (κ2) is 10.3. The topological polar surface area (TPSA) is 64.6 Å². The van der Waals surface area contributed by atoms with E-state index in [1.165, 1.54) is 18.2 Å². The normalized spacial score (nSPS) is 11.3. The molecule has 2 aromatic rings. The fourth-order valence-electron chi connectivity index (χ4n) is 2.32. The summed E-state index contributed by atoms with van der Waals surface area (Å²) < 4.78 is 47.3. The van der Waals surface area contributed by atoms with Crippen molar-refractivity contribution in [3.05, 3.63) is 71.3 Å². The first-order valence-corrected chi connectivity index (χ1v) is 8.69. The molecule has 29 heavy (non-hydrogen) atoms. The van der Waals surface area contributed by atoms with Crippen molar-refractivity contribution in [2.24, 2.45) is 0 Å². The van der Waals surface area contributed by atoms with Crippen LogP contribution in [0.25, 0.3) is 6.08 Å². The van der Waals surface area contributed by atoms with Gasteiger partial charge in [0.05, 0.1) is 12.7 Å². The van der Waals surface area contributed by atoms with Crippen molar-refractivity contribution in [1.29, 1.82) is 0 Å². The third-order valence-electron chi connectivity index (χ3n) is 3.89. The van der Waals surface area contributed by atoms with Gasteiger partial charge in [0.25, 0.3) is 5.91 Å². The third kappa shape index (κ3) is 7.69. The first-order chi connectivity index (χ1) is 13.8. The van der Waals surface area contributed by atoms with Crippen LogP contribution in [0.2, 0.25) is 0 Å². The summed E-state index contributed by atoms with van der Waals surface area (Å²) in [6.45, 7) is -0.0666. The van der Waals surface area contributed by atoms with Gasteiger partial charge in [-0.05, 0) is 47.9 Å². The number of carbonyl (C=O) groups excluding carboxylic acids is 2. The monoisotopic (exact) mass is 407 g/mol. The Morgan fingerprint density at radius 2 is 1.69 bits per heavy atom. The van der Waals surface area contributed by atoms with Crippen molar-refractivity contribution in [3.63, 3.8) is 0 Å². The van der Waals surface area contributed by atoms with Crippen LogP contribution in [0.4, 0.5) is 13.2 Å². The Bertz CT molecular complexity index is 844. The van der Waals surface area contributed by atoms with Gasteiger partial charge in [-0.25, -0.2) is 4.79 Å². The van der Waals surface area contributed by atoms with E-state index in [-0.39, 0.29) is 0 Å². The maximum Gasteiger partial charge on any atom is 0.416 e. The van der Waals surface area contributed by atoms with Crippen LogP contribution >= 0.6 is 0 Å². The number of hydrogen-bond donors (Lipinski definition) is 1. The van der Waals surface area contributed by atoms with E-state index in [1.54, 1.807) is 7.11 Å². The van der Waals surface area contributed by atoms with E-state index in [4.69, 9.17) is 9.47 Å². The van der Waals surface area contributed by atoms with Crippen molar-refractivity contribution in [2.45, 2.75) is 12.6 Å². The standard InChI is InChI=1S/C21H20F3NO4/c1-28-18-9-4-16(5-10-18)12-13-25-19(26)14-29-20(27)11-6-15-2-7-17(8-3-15)21(22,23)24/h2-11H,12-14H2,1H3,(H,25,26)/b11-6+. The van der Waals surface area contributed by atoms with Crippen molar-refractivity contribution in [2.75, 3.05) is 20.3 Å². The maximum atomic E-state index is 12.5. The molecule has 0 bridgehead atoms. The van der Waals surface area contributed by atoms with Gasteiger partial charge in [-0.1, -0.05) is 24.3 Å². The lowest BCUT2D eigenvalue weighted by Crippen LogP contribution is -2.30. The number of benzene rings is 2. The quantitative estimate of drug-likeness (QED) is 0.536. The van der Waals surface area contributed by atoms with Gasteiger partial charge in [-0.15, -0.1) is 0 Å². The number of alkyl halides is 3. The molecule has 2 aromatic carbocycles. The van der Waals surface area contributed by atoms with Crippen LogP contribution in [0, 0.1) is 0 Å². The van der Waals surface area contributed by atoms with Gasteiger partial charge >= 0.3 is 12.1 Å². The molecule has 2 rings (SSSR count). The van der Waals surface area contributed by atoms with Crippen LogP contribution in [0.15, 0.2) is 54.6 Å². The number of methoxy groups -OCH3 is 1. The molecule has 0 aliphatic carbocycles. The number of carbonyl (C=O) groups is 2. The lowest BCUT2D eigenvalue weighted by Gasteiger charge is -2.07. The second-order valence-electron chi connectivity index (χ2n) is 6.01. The zero-order chi connectivity index (χ0) is 21.3. The number of ether oxygens (including phenoxy) is 2. The minimum absolute atomic E-state index is 0.379. The molecule has 0 saturated heterocycles. The van der Waals surface area contributed by atoms with Gasteiger partial charge in [0.1, 0.15) is 5.75 Å². The SMILES string of the molecule is COc1ccc(CCNC(=O)COC(=O)/C=C/c2ccc(C(F)(F)F)cc2)cc1. The van der Waals surface area contributed by atoms with Crippen LogP contribution in [0.5, 0.6) is 5.75 Å². The summed E-state index contributed by atoms with van der Waals surface area (Å²) in [6.07, 6.45) is -1.45. The van der Waals surface area contributed by atoms with Crippen molar-refractivity contribution in [3.8, 4) is 5.75 Å². The molecule has 154 valence electrons. The summed E-state index contributed by atoms with van der Waals surface area (Å²) in [5.74, 6) is -0.473. The fraction of sp³-hybridized carbons (Fsp3) is 0.238. The van der Waals surface area contributed by atoms with E-state index >= 15 is 0 Å². The highest BCUT2D eigenvalue weighted by Gasteiger charge is 2.29. The summed E-state index contributed by atoms with van der Waals surface area (Å²) in [4.78, 5) is 23.3. The van der Waals surface area contributed by atoms with Crippen LogP contribution in [-0.4, -0.2) is 32.1 Å². The van der Waals surface area contributed by atoms with E-state index in [9.17, 15) is 22.8 Å². The zero-order valence-corrected chi connectivity index (χ0v) is 15.7. The molecular formula is C21H20F3NO4. The lowest BCUT2D eigenvalue weighted by molar-refractivity contribution is -0.143. The maximum absolute atomic E-state index is 12.5. The molecular weight excluding hydrogens is 387 g/mol. The Balaban J connectivity index is 1.69. The molecule has 0 aliphatic rings. The van der Waals surface area contributed by atoms with Gasteiger partial charge in [-0.2, -0.15) is 13.2 Å². The summed E-state index contributed by atoms with van der Waals surface area (Å²) in [5.41, 5.74) is 0.644. The van der Waals surface area contributed by atoms with Crippen molar-refractivity contribution in [1.82, 2.24) is 5.32 Å². The number of halogens is 3. The van der Waals surface area contributed by atoms with E-state index in [1.807, 2.05) is 24.3 Å². The average molecular weight is 407 g/mol. The molecule has 0 fully saturated rings. The second-order valence-corrected chi connectivity index (χ2v) is 6.01. The zero-order valence-electron chi connectivity index (χ0n) is 15.7. The molecule has 1 N–H and O–H groups in total. The summed E-state index contributed by atoms with van der Waals surface area (Å²) in [5, 5.41) is 2.63. The minimum atomic E-state index is -4.41. The molecule has 5 nitrogen and oxygen atoms in total. The number of hydrogen-bond acceptors (Lipinski definition) is 4. The molecule has 0 aliphatic heterocycles. The van der Waals surface area contributed by atoms with E-state index < -0.39 is 30.2 Å². The van der Waals surface area contributed by atoms with Crippen LogP contribution in [0.3, 0.4) is 0 Å². The molecule has 8 heteroatoms. The Morgan fingerprint density at radius 3 is 2.28 bits per heavy atom. The molecule has 0 atom stereocenters. The summed E-state index contributed by atoms with van der Waals surface area (Å²) in [6, 6.07) is 11.7. The van der Waals surface area contributed by atoms with E-state index in [0.29, 0.717) is 18.5 Å². The highest BCUT2D eigenvalue weighted by atomic mass is 19.4. The summed E-state index contributed by atoms with van der Waals surface area (Å²) >= 11 is 0. The Kier molecular flexibility index (Phi) is 7.82. The number of rotatable bonds is 8. The molecule has 0 unspecified atom stereocenters. The first-order valence-electron chi connectivity index (χ1n) is 8.69. The fourth-order valence-corrected chi connectivity index (χ4v) is 2.32. The van der Waals surface area contributed by atoms with Crippen LogP contribution in [0.1, 0.15) is 16.7 Å². The number of amides is 1. The minimum Gasteiger partial charge on any atom is -0.497 e. The Labute approximate surface area is 166 Å². The van der Waals surface area contributed by atoms with Gasteiger partial charge < -0.3 is 14.8 Å². The molecule has 0 saturated carbocycles. The van der Waals surface area contributed by atoms with E-state index in [0.717, 1.165) is 29.5 Å². The predicted molar refractivity (Wildman–Crippen MR) is 101 cm³/mol. The lowest BCUT2D eigenvalue weighted by atomic mass is 10.1. The first kappa shape index (κ1) is 22.0. The van der Waals surface area contributed by atoms with Gasteiger partial charge in [0.2, 0.25) is 0 Å². The van der Waals surface area contributed by atoms with Crippen LogP contribution < -0.4 is 10.1 Å². The number of esters is 1. The van der Waals surface area contributed by atoms with Crippen LogP contribution in [-0.2, 0) is 26.9 Å². The van der Waals surface area contributed by atoms with Gasteiger partial charge in [-0.3, -0.25) is 4.79 Å². The highest BCUT2D eigenvalue weighted by molar-refractivity contribution is 5.89. The number of nitrogens with one attached hydrogen (secondary N) is 1. The Hall–Kier alpha value is -3.29. The van der Waals surface area contributed by atoms with Crippen molar-refractivity contribution < 1.29 is 32.2 Å². The molecule has 1 amide bonds. The van der Waals surface area contributed by atoms with Gasteiger partial charge in [0, 0.05) is 12.6 Å². The third-order valence-corrected chi connectivity index (χ3v) is 3.89. The molecule has 0 spiro atoms. The largest absolute Gasteiger partial charge is 0.497 e. The smallest absolute Gasteiger partial charge is 0.416 e. The highest BCUT2D eigenvalue weighted by Crippen LogP contribution is 2.29. The Morgan fingerprint density at radius 1 is 1.03 bits per heavy atom. The van der Waals surface area contributed by atoms with E-state index in [2.05, 4.69) is 5.32 Å². The predicted octanol–water partition coefficient (Wildman–Crippen LogP) is 3.63. The van der Waals surface area contributed by atoms with Crippen molar-refractivity contribution >= 4 is 18.0 Å². The average Bonchev–Trinajstić information content (AvgIpc) is 2.71. The molecule has 0 aromatic heterocycles.